The number of alkyl halides is 2. The van der Waals surface area contributed by atoms with Crippen molar-refractivity contribution in [2.75, 3.05) is 6.54 Å². The van der Waals surface area contributed by atoms with Gasteiger partial charge in [-0.15, -0.1) is 0 Å². The molecule has 4 rings (SSSR count). The minimum Gasteiger partial charge on any atom is -0.435 e. The maximum Gasteiger partial charge on any atom is 0.387 e. The first-order chi connectivity index (χ1) is 14.7. The highest BCUT2D eigenvalue weighted by Crippen LogP contribution is 2.49. The first-order valence-corrected chi connectivity index (χ1v) is 10.7. The van der Waals surface area contributed by atoms with E-state index >= 15 is 0 Å². The van der Waals surface area contributed by atoms with Crippen LogP contribution in [-0.2, 0) is 15.1 Å². The molecule has 0 radical (unpaired) electrons. The number of urea groups is 1. The summed E-state index contributed by atoms with van der Waals surface area (Å²) in [6.07, 6.45) is 4.84. The van der Waals surface area contributed by atoms with Gasteiger partial charge in [0.2, 0.25) is 5.91 Å². The number of benzene rings is 1. The van der Waals surface area contributed by atoms with Crippen LogP contribution >= 0.6 is 0 Å². The number of halogens is 2. The molecule has 0 aromatic heterocycles. The quantitative estimate of drug-likeness (QED) is 0.645. The maximum atomic E-state index is 13.0. The van der Waals surface area contributed by atoms with Gasteiger partial charge in [0.1, 0.15) is 17.8 Å². The van der Waals surface area contributed by atoms with Gasteiger partial charge in [0.15, 0.2) is 0 Å². The summed E-state index contributed by atoms with van der Waals surface area (Å²) in [4.78, 5) is 38.9. The molecule has 7 nitrogen and oxygen atoms in total. The second kappa shape index (κ2) is 8.09. The van der Waals surface area contributed by atoms with E-state index in [9.17, 15) is 23.2 Å². The van der Waals surface area contributed by atoms with Crippen molar-refractivity contribution in [3.05, 3.63) is 29.8 Å². The lowest BCUT2D eigenvalue weighted by Gasteiger charge is -2.29. The zero-order valence-corrected chi connectivity index (χ0v) is 17.6. The fourth-order valence-corrected chi connectivity index (χ4v) is 5.46. The lowest BCUT2D eigenvalue weighted by molar-refractivity contribution is -0.135. The van der Waals surface area contributed by atoms with E-state index in [1.54, 1.807) is 0 Å². The van der Waals surface area contributed by atoms with Crippen molar-refractivity contribution in [2.45, 2.75) is 57.7 Å². The Morgan fingerprint density at radius 2 is 1.97 bits per heavy atom. The van der Waals surface area contributed by atoms with Crippen LogP contribution in [0.5, 0.6) is 5.75 Å². The van der Waals surface area contributed by atoms with E-state index in [2.05, 4.69) is 15.4 Å². The fraction of sp³-hybridized carbons (Fsp3) is 0.591. The number of ether oxygens (including phenoxy) is 1. The molecular weight excluding hydrogens is 408 g/mol. The predicted molar refractivity (Wildman–Crippen MR) is 107 cm³/mol. The summed E-state index contributed by atoms with van der Waals surface area (Å²) < 4.78 is 29.0. The maximum absolute atomic E-state index is 13.0. The summed E-state index contributed by atoms with van der Waals surface area (Å²) >= 11 is 0. The van der Waals surface area contributed by atoms with Crippen LogP contribution in [0.2, 0.25) is 0 Å². The van der Waals surface area contributed by atoms with Crippen LogP contribution in [-0.4, -0.2) is 41.9 Å². The highest BCUT2D eigenvalue weighted by atomic mass is 19.3. The molecule has 1 saturated heterocycles. The van der Waals surface area contributed by atoms with E-state index in [4.69, 9.17) is 0 Å². The molecule has 1 aromatic rings. The Kier molecular flexibility index (Phi) is 5.61. The second-order valence-corrected chi connectivity index (χ2v) is 9.04. The Morgan fingerprint density at radius 3 is 2.55 bits per heavy atom. The van der Waals surface area contributed by atoms with Crippen molar-refractivity contribution in [3.63, 3.8) is 0 Å². The molecule has 2 saturated carbocycles. The fourth-order valence-electron chi connectivity index (χ4n) is 5.46. The van der Waals surface area contributed by atoms with Crippen molar-refractivity contribution in [3.8, 4) is 5.75 Å². The third kappa shape index (κ3) is 4.09. The van der Waals surface area contributed by atoms with Crippen LogP contribution in [0.3, 0.4) is 0 Å². The molecule has 1 heterocycles. The van der Waals surface area contributed by atoms with Gasteiger partial charge in [-0.25, -0.2) is 4.79 Å². The standard InChI is InChI=1S/C22H27F2N3O4/c1-12(17-10-13-3-4-14(17)9-13)25-18(28)11-27-19(29)22(2,26-21(27)30)15-5-7-16(8-6-15)31-20(23)24/h5-8,12-14,17,20H,3-4,9-11H2,1-2H3,(H,25,28)(H,26,30)/t12-,13-,14-,17-,22+/m0/s1. The van der Waals surface area contributed by atoms with Crippen molar-refractivity contribution in [1.82, 2.24) is 15.5 Å². The number of hydrogen-bond acceptors (Lipinski definition) is 4. The number of rotatable bonds is 7. The highest BCUT2D eigenvalue weighted by molar-refractivity contribution is 6.09. The van der Waals surface area contributed by atoms with Gasteiger partial charge < -0.3 is 15.4 Å². The van der Waals surface area contributed by atoms with Gasteiger partial charge in [-0.2, -0.15) is 8.78 Å². The van der Waals surface area contributed by atoms with E-state index in [1.165, 1.54) is 50.5 Å². The zero-order valence-electron chi connectivity index (χ0n) is 17.6. The largest absolute Gasteiger partial charge is 0.435 e. The smallest absolute Gasteiger partial charge is 0.387 e. The molecule has 0 spiro atoms. The van der Waals surface area contributed by atoms with E-state index < -0.39 is 24.1 Å². The molecule has 3 aliphatic rings. The summed E-state index contributed by atoms with van der Waals surface area (Å²) in [6, 6.07) is 4.82. The molecule has 168 valence electrons. The average Bonchev–Trinajstić information content (AvgIpc) is 3.39. The normalized spacial score (nSPS) is 30.6. The molecule has 5 atom stereocenters. The van der Waals surface area contributed by atoms with Crippen LogP contribution < -0.4 is 15.4 Å². The molecular formula is C22H27F2N3O4. The predicted octanol–water partition coefficient (Wildman–Crippen LogP) is 3.00. The number of amides is 4. The number of nitrogens with zero attached hydrogens (tertiary/aromatic N) is 1. The van der Waals surface area contributed by atoms with Crippen LogP contribution in [0.4, 0.5) is 13.6 Å². The third-order valence-corrected chi connectivity index (χ3v) is 7.06. The first-order valence-electron chi connectivity index (χ1n) is 10.7. The Morgan fingerprint density at radius 1 is 1.26 bits per heavy atom. The van der Waals surface area contributed by atoms with E-state index in [-0.39, 0.29) is 24.2 Å². The summed E-state index contributed by atoms with van der Waals surface area (Å²) in [6.45, 7) is 0.191. The zero-order chi connectivity index (χ0) is 22.3. The van der Waals surface area contributed by atoms with Gasteiger partial charge in [-0.1, -0.05) is 18.6 Å². The Balaban J connectivity index is 1.39. The minimum absolute atomic E-state index is 0.00247. The highest BCUT2D eigenvalue weighted by Gasteiger charge is 2.50. The number of fused-ring (bicyclic) bond motifs is 2. The summed E-state index contributed by atoms with van der Waals surface area (Å²) in [5.74, 6) is 0.872. The Bertz CT molecular complexity index is 878. The molecule has 1 aliphatic heterocycles. The van der Waals surface area contributed by atoms with E-state index in [1.807, 2.05) is 6.92 Å². The number of hydrogen-bond donors (Lipinski definition) is 2. The van der Waals surface area contributed by atoms with Crippen molar-refractivity contribution in [1.29, 1.82) is 0 Å². The molecule has 2 bridgehead atoms. The van der Waals surface area contributed by atoms with E-state index in [0.717, 1.165) is 17.2 Å². The third-order valence-electron chi connectivity index (χ3n) is 7.06. The van der Waals surface area contributed by atoms with Crippen molar-refractivity contribution >= 4 is 17.8 Å². The molecule has 31 heavy (non-hydrogen) atoms. The number of nitrogens with one attached hydrogen (secondary N) is 2. The van der Waals surface area contributed by atoms with Crippen LogP contribution in [0.25, 0.3) is 0 Å². The van der Waals surface area contributed by atoms with Crippen LogP contribution in [0.15, 0.2) is 24.3 Å². The van der Waals surface area contributed by atoms with Gasteiger partial charge in [-0.3, -0.25) is 14.5 Å². The number of carbonyl (C=O) groups excluding carboxylic acids is 3. The molecule has 2 aliphatic carbocycles. The Hall–Kier alpha value is -2.71. The lowest BCUT2D eigenvalue weighted by Crippen LogP contribution is -2.47. The minimum atomic E-state index is -2.95. The molecule has 4 amide bonds. The topological polar surface area (TPSA) is 87.7 Å². The summed E-state index contributed by atoms with van der Waals surface area (Å²) in [5.41, 5.74) is -0.984. The second-order valence-electron chi connectivity index (χ2n) is 9.04. The summed E-state index contributed by atoms with van der Waals surface area (Å²) in [7, 11) is 0. The lowest BCUT2D eigenvalue weighted by atomic mass is 9.84. The van der Waals surface area contributed by atoms with Crippen molar-refractivity contribution < 1.29 is 27.9 Å². The van der Waals surface area contributed by atoms with E-state index in [0.29, 0.717) is 17.4 Å². The van der Waals surface area contributed by atoms with Gasteiger partial charge >= 0.3 is 12.6 Å². The molecule has 3 fully saturated rings. The SMILES string of the molecule is C[C@H](NC(=O)CN1C(=O)N[C@](C)(c2ccc(OC(F)F)cc2)C1=O)[C@@H]1C[C@H]2CC[C@H]1C2. The van der Waals surface area contributed by atoms with Gasteiger partial charge in [0.25, 0.3) is 5.91 Å². The monoisotopic (exact) mass is 435 g/mol. The Labute approximate surface area is 179 Å². The first kappa shape index (κ1) is 21.5. The molecule has 1 aromatic carbocycles. The van der Waals surface area contributed by atoms with Gasteiger partial charge in [-0.05, 0) is 68.6 Å². The van der Waals surface area contributed by atoms with Crippen molar-refractivity contribution in [2.24, 2.45) is 17.8 Å². The average molecular weight is 435 g/mol. The molecule has 9 heteroatoms. The van der Waals surface area contributed by atoms with Crippen LogP contribution in [0.1, 0.15) is 45.1 Å². The van der Waals surface area contributed by atoms with Crippen LogP contribution in [0, 0.1) is 17.8 Å². The van der Waals surface area contributed by atoms with Gasteiger partial charge in [0, 0.05) is 6.04 Å². The molecule has 0 unspecified atom stereocenters. The number of imide groups is 1. The number of carbonyl (C=O) groups is 3. The van der Waals surface area contributed by atoms with Gasteiger partial charge in [0.05, 0.1) is 0 Å². The molecule has 2 N–H and O–H groups in total. The summed E-state index contributed by atoms with van der Waals surface area (Å²) in [5, 5.41) is 5.58.